The standard InChI is InChI=1S/C20H21ClN4O5/c1-5-11-9-22-18-16(17(11)30-4)19(27)25(20(28)24(18)2)10-15(26)23-13-8-12(21)6-7-14(13)29-3/h6-9H,5,10H2,1-4H3,(H,23,26). The van der Waals surface area contributed by atoms with Crippen molar-refractivity contribution in [1.29, 1.82) is 0 Å². The number of fused-ring (bicyclic) bond motifs is 1. The van der Waals surface area contributed by atoms with E-state index in [0.717, 1.165) is 10.1 Å². The molecule has 0 aliphatic heterocycles. The van der Waals surface area contributed by atoms with Crippen LogP contribution >= 0.6 is 11.6 Å². The van der Waals surface area contributed by atoms with Crippen LogP contribution in [-0.4, -0.2) is 34.2 Å². The van der Waals surface area contributed by atoms with Crippen LogP contribution < -0.4 is 26.0 Å². The van der Waals surface area contributed by atoms with Crippen molar-refractivity contribution in [3.63, 3.8) is 0 Å². The summed E-state index contributed by atoms with van der Waals surface area (Å²) in [5.41, 5.74) is -0.0821. The van der Waals surface area contributed by atoms with Gasteiger partial charge < -0.3 is 14.8 Å². The third-order valence-electron chi connectivity index (χ3n) is 4.70. The Morgan fingerprint density at radius 3 is 2.60 bits per heavy atom. The number of aryl methyl sites for hydroxylation is 2. The zero-order valence-electron chi connectivity index (χ0n) is 17.0. The third kappa shape index (κ3) is 3.76. The lowest BCUT2D eigenvalue weighted by Crippen LogP contribution is -2.42. The number of nitrogens with one attached hydrogen (secondary N) is 1. The van der Waals surface area contributed by atoms with Crippen LogP contribution in [0.25, 0.3) is 11.0 Å². The molecule has 2 heterocycles. The number of aromatic nitrogens is 3. The Morgan fingerprint density at radius 2 is 1.97 bits per heavy atom. The molecule has 0 radical (unpaired) electrons. The highest BCUT2D eigenvalue weighted by Gasteiger charge is 2.20. The van der Waals surface area contributed by atoms with E-state index in [0.29, 0.717) is 28.6 Å². The molecule has 3 rings (SSSR count). The zero-order chi connectivity index (χ0) is 22.0. The number of carbonyl (C=O) groups is 1. The highest BCUT2D eigenvalue weighted by Crippen LogP contribution is 2.28. The molecule has 0 aliphatic carbocycles. The average molecular weight is 433 g/mol. The van der Waals surface area contributed by atoms with Gasteiger partial charge in [-0.25, -0.2) is 14.3 Å². The Hall–Kier alpha value is -3.33. The fourth-order valence-corrected chi connectivity index (χ4v) is 3.37. The van der Waals surface area contributed by atoms with E-state index >= 15 is 0 Å². The number of amides is 1. The molecule has 0 aliphatic rings. The minimum Gasteiger partial charge on any atom is -0.495 e. The first-order valence-electron chi connectivity index (χ1n) is 9.11. The van der Waals surface area contributed by atoms with E-state index in [1.54, 1.807) is 18.3 Å². The van der Waals surface area contributed by atoms with Crippen LogP contribution in [0.2, 0.25) is 5.02 Å². The van der Waals surface area contributed by atoms with E-state index in [4.69, 9.17) is 21.1 Å². The Bertz CT molecular complexity index is 1250. The highest BCUT2D eigenvalue weighted by atomic mass is 35.5. The molecule has 3 aromatic rings. The summed E-state index contributed by atoms with van der Waals surface area (Å²) in [5, 5.41) is 3.16. The van der Waals surface area contributed by atoms with E-state index in [-0.39, 0.29) is 11.0 Å². The minimum atomic E-state index is -0.667. The number of pyridine rings is 1. The topological polar surface area (TPSA) is 104 Å². The van der Waals surface area contributed by atoms with Crippen molar-refractivity contribution in [1.82, 2.24) is 14.1 Å². The van der Waals surface area contributed by atoms with Crippen LogP contribution in [0, 0.1) is 0 Å². The second-order valence-electron chi connectivity index (χ2n) is 6.49. The van der Waals surface area contributed by atoms with Gasteiger partial charge in [-0.05, 0) is 24.6 Å². The van der Waals surface area contributed by atoms with Crippen molar-refractivity contribution in [2.45, 2.75) is 19.9 Å². The molecule has 1 N–H and O–H groups in total. The Labute approximate surface area is 176 Å². The van der Waals surface area contributed by atoms with Crippen molar-refractivity contribution in [2.24, 2.45) is 7.05 Å². The number of halogens is 1. The number of hydrogen-bond acceptors (Lipinski definition) is 6. The molecule has 158 valence electrons. The molecule has 1 aromatic carbocycles. The lowest BCUT2D eigenvalue weighted by molar-refractivity contribution is -0.116. The molecule has 0 fully saturated rings. The van der Waals surface area contributed by atoms with Gasteiger partial charge in [-0.15, -0.1) is 0 Å². The van der Waals surface area contributed by atoms with Gasteiger partial charge >= 0.3 is 5.69 Å². The van der Waals surface area contributed by atoms with E-state index < -0.39 is 23.7 Å². The summed E-state index contributed by atoms with van der Waals surface area (Å²) < 4.78 is 12.7. The van der Waals surface area contributed by atoms with Crippen molar-refractivity contribution in [3.8, 4) is 11.5 Å². The molecule has 2 aromatic heterocycles. The normalized spacial score (nSPS) is 10.8. The van der Waals surface area contributed by atoms with Gasteiger partial charge in [-0.2, -0.15) is 0 Å². The monoisotopic (exact) mass is 432 g/mol. The number of anilines is 1. The van der Waals surface area contributed by atoms with Gasteiger partial charge in [0.1, 0.15) is 23.4 Å². The number of nitrogens with zero attached hydrogens (tertiary/aromatic N) is 3. The molecule has 9 nitrogen and oxygen atoms in total. The van der Waals surface area contributed by atoms with Crippen molar-refractivity contribution in [3.05, 3.63) is 55.8 Å². The van der Waals surface area contributed by atoms with Crippen LogP contribution in [0.1, 0.15) is 12.5 Å². The SMILES string of the molecule is CCc1cnc2c(c1OC)c(=O)n(CC(=O)Nc1cc(Cl)ccc1OC)c(=O)n2C. The summed E-state index contributed by atoms with van der Waals surface area (Å²) in [6.45, 7) is 1.40. The molecule has 10 heteroatoms. The quantitative estimate of drug-likeness (QED) is 0.638. The first kappa shape index (κ1) is 21.4. The van der Waals surface area contributed by atoms with E-state index in [1.807, 2.05) is 6.92 Å². The zero-order valence-corrected chi connectivity index (χ0v) is 17.7. The van der Waals surface area contributed by atoms with Crippen LogP contribution in [0.4, 0.5) is 5.69 Å². The van der Waals surface area contributed by atoms with Gasteiger partial charge in [0.15, 0.2) is 5.65 Å². The summed E-state index contributed by atoms with van der Waals surface area (Å²) >= 11 is 5.98. The van der Waals surface area contributed by atoms with Gasteiger partial charge in [-0.1, -0.05) is 18.5 Å². The van der Waals surface area contributed by atoms with Crippen molar-refractivity contribution >= 4 is 34.2 Å². The Morgan fingerprint density at radius 1 is 1.23 bits per heavy atom. The smallest absolute Gasteiger partial charge is 0.332 e. The average Bonchev–Trinajstić information content (AvgIpc) is 2.74. The van der Waals surface area contributed by atoms with Gasteiger partial charge in [-0.3, -0.25) is 14.2 Å². The van der Waals surface area contributed by atoms with Crippen LogP contribution in [0.3, 0.4) is 0 Å². The number of benzene rings is 1. The number of rotatable bonds is 6. The maximum atomic E-state index is 13.1. The van der Waals surface area contributed by atoms with E-state index in [2.05, 4.69) is 10.3 Å². The minimum absolute atomic E-state index is 0.145. The summed E-state index contributed by atoms with van der Waals surface area (Å²) in [6, 6.07) is 4.73. The molecule has 0 spiro atoms. The van der Waals surface area contributed by atoms with Gasteiger partial charge in [0.25, 0.3) is 5.56 Å². The summed E-state index contributed by atoms with van der Waals surface area (Å²) in [4.78, 5) is 42.7. The lowest BCUT2D eigenvalue weighted by atomic mass is 10.1. The first-order valence-corrected chi connectivity index (χ1v) is 9.48. The molecular formula is C20H21ClN4O5. The number of methoxy groups -OCH3 is 2. The molecule has 0 atom stereocenters. The van der Waals surface area contributed by atoms with Gasteiger partial charge in [0.05, 0.1) is 19.9 Å². The number of hydrogen-bond donors (Lipinski definition) is 1. The van der Waals surface area contributed by atoms with Gasteiger partial charge in [0.2, 0.25) is 5.91 Å². The molecule has 0 saturated carbocycles. The summed E-state index contributed by atoms with van der Waals surface area (Å²) in [6.07, 6.45) is 2.16. The molecule has 0 unspecified atom stereocenters. The van der Waals surface area contributed by atoms with Crippen molar-refractivity contribution in [2.75, 3.05) is 19.5 Å². The molecule has 0 bridgehead atoms. The predicted octanol–water partition coefficient (Wildman–Crippen LogP) is 1.97. The number of carbonyl (C=O) groups excluding carboxylic acids is 1. The van der Waals surface area contributed by atoms with Crippen molar-refractivity contribution < 1.29 is 14.3 Å². The number of ether oxygens (including phenoxy) is 2. The Balaban J connectivity index is 2.08. The van der Waals surface area contributed by atoms with E-state index in [9.17, 15) is 14.4 Å². The maximum Gasteiger partial charge on any atom is 0.332 e. The third-order valence-corrected chi connectivity index (χ3v) is 4.94. The molecule has 0 saturated heterocycles. The van der Waals surface area contributed by atoms with Crippen LogP contribution in [0.5, 0.6) is 11.5 Å². The summed E-state index contributed by atoms with van der Waals surface area (Å²) in [5.74, 6) is 0.145. The maximum absolute atomic E-state index is 13.1. The highest BCUT2D eigenvalue weighted by molar-refractivity contribution is 6.31. The largest absolute Gasteiger partial charge is 0.495 e. The fraction of sp³-hybridized carbons (Fsp3) is 0.300. The molecule has 1 amide bonds. The van der Waals surface area contributed by atoms with E-state index in [1.165, 1.54) is 31.9 Å². The second kappa shape index (κ2) is 8.58. The summed E-state index contributed by atoms with van der Waals surface area (Å²) in [7, 11) is 4.38. The van der Waals surface area contributed by atoms with Crippen LogP contribution in [0.15, 0.2) is 34.0 Å². The fourth-order valence-electron chi connectivity index (χ4n) is 3.20. The predicted molar refractivity (Wildman–Crippen MR) is 114 cm³/mol. The molecular weight excluding hydrogens is 412 g/mol. The van der Waals surface area contributed by atoms with Crippen LogP contribution in [-0.2, 0) is 24.8 Å². The lowest BCUT2D eigenvalue weighted by Gasteiger charge is -2.15. The Kier molecular flexibility index (Phi) is 6.12. The first-order chi connectivity index (χ1) is 14.3. The molecule has 30 heavy (non-hydrogen) atoms. The second-order valence-corrected chi connectivity index (χ2v) is 6.93. The van der Waals surface area contributed by atoms with Gasteiger partial charge in [0, 0.05) is 23.8 Å².